The number of hydrogen-bond donors (Lipinski definition) is 1. The summed E-state index contributed by atoms with van der Waals surface area (Å²) in [4.78, 5) is 30.8. The van der Waals surface area contributed by atoms with Crippen molar-refractivity contribution in [3.63, 3.8) is 0 Å². The summed E-state index contributed by atoms with van der Waals surface area (Å²) in [5, 5.41) is 2.84. The van der Waals surface area contributed by atoms with Crippen LogP contribution in [-0.2, 0) is 9.59 Å². The molecule has 25 heavy (non-hydrogen) atoms. The normalized spacial score (nSPS) is 20.4. The topological polar surface area (TPSA) is 62.3 Å². The van der Waals surface area contributed by atoms with E-state index in [-0.39, 0.29) is 17.6 Å². The van der Waals surface area contributed by atoms with Crippen molar-refractivity contribution < 1.29 is 14.0 Å². The van der Waals surface area contributed by atoms with Crippen LogP contribution < -0.4 is 5.32 Å². The zero-order valence-electron chi connectivity index (χ0n) is 14.2. The van der Waals surface area contributed by atoms with Crippen LogP contribution in [0.3, 0.4) is 0 Å². The molecule has 1 aromatic heterocycles. The van der Waals surface area contributed by atoms with Gasteiger partial charge in [-0.15, -0.1) is 0 Å². The van der Waals surface area contributed by atoms with Gasteiger partial charge < -0.3 is 10.2 Å². The molecule has 0 unspecified atom stereocenters. The van der Waals surface area contributed by atoms with E-state index in [1.165, 1.54) is 12.1 Å². The number of likely N-dealkylation sites (tertiary alicyclic amines) is 1. The lowest BCUT2D eigenvalue weighted by Gasteiger charge is -2.38. The summed E-state index contributed by atoms with van der Waals surface area (Å²) in [6, 6.07) is 10.9. The van der Waals surface area contributed by atoms with Gasteiger partial charge in [-0.2, -0.15) is 0 Å². The van der Waals surface area contributed by atoms with Gasteiger partial charge in [0.05, 0.1) is 12.0 Å². The van der Waals surface area contributed by atoms with Gasteiger partial charge in [0.1, 0.15) is 11.6 Å². The van der Waals surface area contributed by atoms with Crippen LogP contribution in [0, 0.1) is 18.7 Å². The van der Waals surface area contributed by atoms with Crippen molar-refractivity contribution in [2.75, 3.05) is 12.4 Å². The summed E-state index contributed by atoms with van der Waals surface area (Å²) >= 11 is 0. The number of benzene rings is 1. The van der Waals surface area contributed by atoms with Crippen molar-refractivity contribution in [1.29, 1.82) is 0 Å². The van der Waals surface area contributed by atoms with Crippen LogP contribution >= 0.6 is 0 Å². The molecule has 5 nitrogen and oxygen atoms in total. The molecule has 0 spiro atoms. The number of aryl methyl sites for hydroxylation is 1. The highest BCUT2D eigenvalue weighted by atomic mass is 19.1. The van der Waals surface area contributed by atoms with E-state index >= 15 is 0 Å². The number of aromatic nitrogens is 1. The zero-order valence-corrected chi connectivity index (χ0v) is 14.2. The molecule has 0 radical (unpaired) electrons. The van der Waals surface area contributed by atoms with Crippen LogP contribution in [0.1, 0.15) is 30.1 Å². The minimum atomic E-state index is -0.424. The van der Waals surface area contributed by atoms with Crippen LogP contribution in [0.2, 0.25) is 0 Å². The van der Waals surface area contributed by atoms with Gasteiger partial charge >= 0.3 is 0 Å². The fourth-order valence-corrected chi connectivity index (χ4v) is 3.26. The molecule has 1 saturated heterocycles. The summed E-state index contributed by atoms with van der Waals surface area (Å²) in [5.74, 6) is -0.491. The van der Waals surface area contributed by atoms with Gasteiger partial charge in [0.15, 0.2) is 0 Å². The Morgan fingerprint density at radius 3 is 2.64 bits per heavy atom. The van der Waals surface area contributed by atoms with Crippen LogP contribution in [0.4, 0.5) is 10.2 Å². The van der Waals surface area contributed by atoms with Gasteiger partial charge in [-0.05, 0) is 43.2 Å². The molecule has 0 aliphatic carbocycles. The van der Waals surface area contributed by atoms with Gasteiger partial charge in [-0.25, -0.2) is 9.37 Å². The number of carbonyl (C=O) groups excluding carboxylic acids is 2. The molecule has 1 aliphatic rings. The Morgan fingerprint density at radius 1 is 1.24 bits per heavy atom. The van der Waals surface area contributed by atoms with Crippen LogP contribution in [-0.4, -0.2) is 28.7 Å². The van der Waals surface area contributed by atoms with E-state index in [4.69, 9.17) is 0 Å². The molecular weight excluding hydrogens is 321 g/mol. The Hall–Kier alpha value is -2.76. The number of anilines is 1. The molecule has 2 amide bonds. The van der Waals surface area contributed by atoms with E-state index < -0.39 is 12.0 Å². The van der Waals surface area contributed by atoms with Crippen molar-refractivity contribution in [1.82, 2.24) is 9.88 Å². The smallest absolute Gasteiger partial charge is 0.231 e. The van der Waals surface area contributed by atoms with Gasteiger partial charge in [0, 0.05) is 19.2 Å². The number of halogens is 1. The minimum Gasteiger partial charge on any atom is -0.338 e. The second-order valence-corrected chi connectivity index (χ2v) is 6.30. The molecule has 3 rings (SSSR count). The van der Waals surface area contributed by atoms with Crippen molar-refractivity contribution in [3.8, 4) is 0 Å². The standard InChI is InChI=1S/C19H20FN3O2/c1-12-4-3-5-16(21-12)22-19(25)15-10-11-17(24)23(2)18(15)13-6-8-14(20)9-7-13/h3-9,15,18H,10-11H2,1-2H3,(H,21,22,25)/t15-,18-/m1/s1. The van der Waals surface area contributed by atoms with E-state index in [0.717, 1.165) is 11.3 Å². The molecule has 2 atom stereocenters. The Kier molecular flexibility index (Phi) is 4.79. The van der Waals surface area contributed by atoms with Crippen LogP contribution in [0.5, 0.6) is 0 Å². The molecule has 2 aromatic rings. The average molecular weight is 341 g/mol. The second-order valence-electron chi connectivity index (χ2n) is 6.30. The molecule has 1 N–H and O–H groups in total. The first-order valence-electron chi connectivity index (χ1n) is 8.21. The van der Waals surface area contributed by atoms with Crippen LogP contribution in [0.25, 0.3) is 0 Å². The lowest BCUT2D eigenvalue weighted by atomic mass is 9.84. The summed E-state index contributed by atoms with van der Waals surface area (Å²) in [5.41, 5.74) is 1.55. The number of rotatable bonds is 3. The van der Waals surface area contributed by atoms with E-state index in [2.05, 4.69) is 10.3 Å². The van der Waals surface area contributed by atoms with E-state index in [9.17, 15) is 14.0 Å². The lowest BCUT2D eigenvalue weighted by molar-refractivity contribution is -0.140. The fraction of sp³-hybridized carbons (Fsp3) is 0.316. The maximum atomic E-state index is 13.2. The third-order valence-corrected chi connectivity index (χ3v) is 4.55. The summed E-state index contributed by atoms with van der Waals surface area (Å²) in [6.45, 7) is 1.85. The molecule has 6 heteroatoms. The third kappa shape index (κ3) is 3.68. The third-order valence-electron chi connectivity index (χ3n) is 4.55. The zero-order chi connectivity index (χ0) is 18.0. The molecule has 2 heterocycles. The number of carbonyl (C=O) groups is 2. The molecule has 0 bridgehead atoms. The van der Waals surface area contributed by atoms with E-state index in [1.54, 1.807) is 30.1 Å². The number of nitrogens with zero attached hydrogens (tertiary/aromatic N) is 2. The summed E-state index contributed by atoms with van der Waals surface area (Å²) < 4.78 is 13.2. The molecular formula is C19H20FN3O2. The molecule has 0 saturated carbocycles. The highest BCUT2D eigenvalue weighted by Gasteiger charge is 2.38. The summed E-state index contributed by atoms with van der Waals surface area (Å²) in [7, 11) is 1.68. The van der Waals surface area contributed by atoms with Gasteiger partial charge in [-0.3, -0.25) is 9.59 Å². The molecule has 1 aromatic carbocycles. The average Bonchev–Trinajstić information content (AvgIpc) is 2.58. The monoisotopic (exact) mass is 341 g/mol. The molecule has 1 fully saturated rings. The second kappa shape index (κ2) is 7.01. The highest BCUT2D eigenvalue weighted by Crippen LogP contribution is 2.36. The predicted molar refractivity (Wildman–Crippen MR) is 92.2 cm³/mol. The SMILES string of the molecule is Cc1cccc(NC(=O)[C@@H]2CCC(=O)N(C)[C@@H]2c2ccc(F)cc2)n1. The van der Waals surface area contributed by atoms with Crippen molar-refractivity contribution in [2.45, 2.75) is 25.8 Å². The Labute approximate surface area is 145 Å². The first-order valence-corrected chi connectivity index (χ1v) is 8.21. The van der Waals surface area contributed by atoms with Crippen molar-refractivity contribution >= 4 is 17.6 Å². The lowest BCUT2D eigenvalue weighted by Crippen LogP contribution is -2.44. The summed E-state index contributed by atoms with van der Waals surface area (Å²) in [6.07, 6.45) is 0.760. The highest BCUT2D eigenvalue weighted by molar-refractivity contribution is 5.94. The molecule has 130 valence electrons. The minimum absolute atomic E-state index is 0.0212. The number of hydrogen-bond acceptors (Lipinski definition) is 3. The van der Waals surface area contributed by atoms with Crippen molar-refractivity contribution in [2.24, 2.45) is 5.92 Å². The van der Waals surface area contributed by atoms with Crippen molar-refractivity contribution in [3.05, 3.63) is 59.5 Å². The Bertz CT molecular complexity index is 792. The number of amides is 2. The Morgan fingerprint density at radius 2 is 1.96 bits per heavy atom. The Balaban J connectivity index is 1.87. The first kappa shape index (κ1) is 17.1. The van der Waals surface area contributed by atoms with Crippen LogP contribution in [0.15, 0.2) is 42.5 Å². The predicted octanol–water partition coefficient (Wildman–Crippen LogP) is 3.08. The molecule has 1 aliphatic heterocycles. The maximum Gasteiger partial charge on any atom is 0.231 e. The number of piperidine rings is 1. The number of nitrogens with one attached hydrogen (secondary N) is 1. The van der Waals surface area contributed by atoms with E-state index in [1.807, 2.05) is 19.1 Å². The first-order chi connectivity index (χ1) is 12.0. The quantitative estimate of drug-likeness (QED) is 0.933. The largest absolute Gasteiger partial charge is 0.338 e. The number of pyridine rings is 1. The van der Waals surface area contributed by atoms with Gasteiger partial charge in [0.25, 0.3) is 0 Å². The fourth-order valence-electron chi connectivity index (χ4n) is 3.26. The van der Waals surface area contributed by atoms with Gasteiger partial charge in [0.2, 0.25) is 11.8 Å². The maximum absolute atomic E-state index is 13.2. The van der Waals surface area contributed by atoms with E-state index in [0.29, 0.717) is 18.7 Å². The van der Waals surface area contributed by atoms with Gasteiger partial charge in [-0.1, -0.05) is 18.2 Å².